The van der Waals surface area contributed by atoms with Crippen molar-refractivity contribution in [3.63, 3.8) is 0 Å². The molecule has 0 aromatic heterocycles. The number of rotatable bonds is 2. The maximum Gasteiger partial charge on any atom is 0.313 e. The average Bonchev–Trinajstić information content (AvgIpc) is 2.91. The molecule has 2 heterocycles. The Labute approximate surface area is 159 Å². The highest BCUT2D eigenvalue weighted by atomic mass is 35.5. The van der Waals surface area contributed by atoms with Crippen LogP contribution in [0.1, 0.15) is 33.6 Å². The van der Waals surface area contributed by atoms with Gasteiger partial charge in [0.1, 0.15) is 0 Å². The van der Waals surface area contributed by atoms with Crippen molar-refractivity contribution in [2.24, 2.45) is 10.8 Å². The molecule has 2 unspecified atom stereocenters. The zero-order valence-electron chi connectivity index (χ0n) is 15.5. The number of amides is 1. The zero-order valence-corrected chi connectivity index (χ0v) is 16.3. The number of nitrogens with zero attached hydrogens (tertiary/aromatic N) is 2. The lowest BCUT2D eigenvalue weighted by Gasteiger charge is -2.42. The van der Waals surface area contributed by atoms with Gasteiger partial charge in [-0.1, -0.05) is 31.5 Å². The van der Waals surface area contributed by atoms with Gasteiger partial charge in [-0.15, -0.1) is 0 Å². The van der Waals surface area contributed by atoms with Gasteiger partial charge in [0.15, 0.2) is 5.60 Å². The van der Waals surface area contributed by atoms with Crippen LogP contribution in [0.3, 0.4) is 0 Å². The predicted molar refractivity (Wildman–Crippen MR) is 100 cm³/mol. The third-order valence-corrected chi connectivity index (χ3v) is 7.40. The van der Waals surface area contributed by atoms with Crippen LogP contribution in [0.5, 0.6) is 0 Å². The molecule has 0 radical (unpaired) electrons. The van der Waals surface area contributed by atoms with Crippen molar-refractivity contribution in [1.29, 1.82) is 0 Å². The molecule has 3 fully saturated rings. The number of carbonyl (C=O) groups is 2. The lowest BCUT2D eigenvalue weighted by molar-refractivity contribution is -0.174. The first kappa shape index (κ1) is 17.7. The molecule has 5 nitrogen and oxygen atoms in total. The number of anilines is 1. The second kappa shape index (κ2) is 5.62. The summed E-state index contributed by atoms with van der Waals surface area (Å²) in [5, 5.41) is 0.713. The Kier molecular flexibility index (Phi) is 3.82. The first-order chi connectivity index (χ1) is 12.2. The van der Waals surface area contributed by atoms with Crippen LogP contribution in [0.2, 0.25) is 5.02 Å². The molecule has 0 N–H and O–H groups in total. The van der Waals surface area contributed by atoms with Crippen molar-refractivity contribution < 1.29 is 14.3 Å². The maximum absolute atomic E-state index is 13.4. The minimum absolute atomic E-state index is 0.0252. The van der Waals surface area contributed by atoms with Gasteiger partial charge in [0.25, 0.3) is 5.91 Å². The lowest BCUT2D eigenvalue weighted by Crippen LogP contribution is -2.59. The van der Waals surface area contributed by atoms with E-state index in [2.05, 4.69) is 4.90 Å². The molecule has 2 saturated heterocycles. The second-order valence-electron chi connectivity index (χ2n) is 8.43. The lowest BCUT2D eigenvalue weighted by atomic mass is 9.66. The van der Waals surface area contributed by atoms with Crippen LogP contribution in [0, 0.1) is 10.8 Å². The number of fused-ring (bicyclic) bond motifs is 2. The van der Waals surface area contributed by atoms with Gasteiger partial charge < -0.3 is 14.5 Å². The molecule has 2 aliphatic heterocycles. The molecular weight excluding hydrogens is 352 g/mol. The fourth-order valence-corrected chi connectivity index (χ4v) is 5.00. The molecule has 1 saturated carbocycles. The smallest absolute Gasteiger partial charge is 0.313 e. The van der Waals surface area contributed by atoms with Crippen molar-refractivity contribution in [1.82, 2.24) is 4.90 Å². The minimum Gasteiger partial charge on any atom is -0.448 e. The Balaban J connectivity index is 1.50. The molecule has 4 rings (SSSR count). The van der Waals surface area contributed by atoms with E-state index in [-0.39, 0.29) is 11.9 Å². The third-order valence-electron chi connectivity index (χ3n) is 7.17. The molecule has 3 aliphatic rings. The Morgan fingerprint density at radius 1 is 1.12 bits per heavy atom. The summed E-state index contributed by atoms with van der Waals surface area (Å²) in [5.41, 5.74) is -0.982. The number of halogens is 1. The average molecular weight is 377 g/mol. The standard InChI is InChI=1S/C20H25ClN2O3/c1-18(2)19(3)7-8-20(18,26-17(19)25)16(24)23-11-9-22(10-12-23)15-6-4-5-14(21)13-15/h4-6,13H,7-12H2,1-3H3. The van der Waals surface area contributed by atoms with Gasteiger partial charge in [-0.3, -0.25) is 9.59 Å². The molecule has 1 amide bonds. The highest BCUT2D eigenvalue weighted by molar-refractivity contribution is 6.30. The summed E-state index contributed by atoms with van der Waals surface area (Å²) in [6.45, 7) is 8.68. The number of piperazine rings is 1. The Bertz CT molecular complexity index is 772. The first-order valence-corrected chi connectivity index (χ1v) is 9.62. The number of hydrogen-bond donors (Lipinski definition) is 0. The summed E-state index contributed by atoms with van der Waals surface area (Å²) in [4.78, 5) is 29.9. The molecule has 1 aromatic carbocycles. The first-order valence-electron chi connectivity index (χ1n) is 9.25. The van der Waals surface area contributed by atoms with E-state index in [1.807, 2.05) is 49.9 Å². The third kappa shape index (κ3) is 2.16. The largest absolute Gasteiger partial charge is 0.448 e. The maximum atomic E-state index is 13.4. The monoisotopic (exact) mass is 376 g/mol. The van der Waals surface area contributed by atoms with Gasteiger partial charge in [0.2, 0.25) is 0 Å². The highest BCUT2D eigenvalue weighted by Crippen LogP contribution is 2.65. The quantitative estimate of drug-likeness (QED) is 0.744. The van der Waals surface area contributed by atoms with Crippen LogP contribution in [0.15, 0.2) is 24.3 Å². The van der Waals surface area contributed by atoms with Crippen LogP contribution in [-0.4, -0.2) is 48.6 Å². The van der Waals surface area contributed by atoms with E-state index in [1.165, 1.54) is 0 Å². The summed E-state index contributed by atoms with van der Waals surface area (Å²) in [5.74, 6) is -0.248. The van der Waals surface area contributed by atoms with E-state index < -0.39 is 16.4 Å². The summed E-state index contributed by atoms with van der Waals surface area (Å²) in [6.07, 6.45) is 1.34. The number of hydrogen-bond acceptors (Lipinski definition) is 4. The van der Waals surface area contributed by atoms with Gasteiger partial charge in [-0.05, 0) is 38.0 Å². The van der Waals surface area contributed by atoms with Gasteiger partial charge in [-0.2, -0.15) is 0 Å². The summed E-state index contributed by atoms with van der Waals surface area (Å²) < 4.78 is 5.75. The van der Waals surface area contributed by atoms with Crippen molar-refractivity contribution >= 4 is 29.2 Å². The fraction of sp³-hybridized carbons (Fsp3) is 0.600. The van der Waals surface area contributed by atoms with Gasteiger partial charge >= 0.3 is 5.97 Å². The summed E-state index contributed by atoms with van der Waals surface area (Å²) in [7, 11) is 0. The molecule has 26 heavy (non-hydrogen) atoms. The van der Waals surface area contributed by atoms with E-state index >= 15 is 0 Å². The van der Waals surface area contributed by atoms with Gasteiger partial charge in [0, 0.05) is 42.3 Å². The van der Waals surface area contributed by atoms with E-state index in [0.717, 1.165) is 18.8 Å². The van der Waals surface area contributed by atoms with E-state index in [9.17, 15) is 9.59 Å². The van der Waals surface area contributed by atoms with Gasteiger partial charge in [0.05, 0.1) is 5.41 Å². The normalized spacial score (nSPS) is 32.7. The number of esters is 1. The van der Waals surface area contributed by atoms with E-state index in [4.69, 9.17) is 16.3 Å². The zero-order chi connectivity index (χ0) is 18.7. The molecular formula is C20H25ClN2O3. The van der Waals surface area contributed by atoms with Crippen molar-refractivity contribution in [3.8, 4) is 0 Å². The molecule has 2 atom stereocenters. The highest BCUT2D eigenvalue weighted by Gasteiger charge is 2.76. The second-order valence-corrected chi connectivity index (χ2v) is 8.87. The summed E-state index contributed by atoms with van der Waals surface area (Å²) in [6, 6.07) is 7.78. The molecule has 1 aromatic rings. The van der Waals surface area contributed by atoms with Crippen LogP contribution in [0.25, 0.3) is 0 Å². The SMILES string of the molecule is CC12CCC(C(=O)N3CCN(c4cccc(Cl)c4)CC3)(OC1=O)C2(C)C. The van der Waals surface area contributed by atoms with Gasteiger partial charge in [-0.25, -0.2) is 0 Å². The minimum atomic E-state index is -1.00. The van der Waals surface area contributed by atoms with Crippen LogP contribution < -0.4 is 4.90 Å². The van der Waals surface area contributed by atoms with E-state index in [0.29, 0.717) is 31.0 Å². The number of carbonyl (C=O) groups excluding carboxylic acids is 2. The number of benzene rings is 1. The topological polar surface area (TPSA) is 49.9 Å². The predicted octanol–water partition coefficient (Wildman–Crippen LogP) is 3.11. The Morgan fingerprint density at radius 3 is 2.35 bits per heavy atom. The Hall–Kier alpha value is -1.75. The van der Waals surface area contributed by atoms with Crippen molar-refractivity contribution in [2.75, 3.05) is 31.1 Å². The fourth-order valence-electron chi connectivity index (χ4n) is 4.82. The van der Waals surface area contributed by atoms with Crippen LogP contribution >= 0.6 is 11.6 Å². The molecule has 1 aliphatic carbocycles. The van der Waals surface area contributed by atoms with Crippen LogP contribution in [0.4, 0.5) is 5.69 Å². The summed E-state index contributed by atoms with van der Waals surface area (Å²) >= 11 is 6.09. The molecule has 0 spiro atoms. The van der Waals surface area contributed by atoms with Crippen molar-refractivity contribution in [3.05, 3.63) is 29.3 Å². The molecule has 2 bridgehead atoms. The Morgan fingerprint density at radius 2 is 1.81 bits per heavy atom. The van der Waals surface area contributed by atoms with Crippen LogP contribution in [-0.2, 0) is 14.3 Å². The number of ether oxygens (including phenoxy) is 1. The van der Waals surface area contributed by atoms with E-state index in [1.54, 1.807) is 0 Å². The molecule has 6 heteroatoms. The van der Waals surface area contributed by atoms with Crippen molar-refractivity contribution in [2.45, 2.75) is 39.2 Å². The molecule has 140 valence electrons.